The first-order valence-corrected chi connectivity index (χ1v) is 9.79. The summed E-state index contributed by atoms with van der Waals surface area (Å²) in [6, 6.07) is 10.2. The van der Waals surface area contributed by atoms with Gasteiger partial charge < -0.3 is 9.80 Å². The second-order valence-corrected chi connectivity index (χ2v) is 8.34. The van der Waals surface area contributed by atoms with E-state index in [9.17, 15) is 10.1 Å². The molecule has 0 N–H and O–H groups in total. The van der Waals surface area contributed by atoms with E-state index >= 15 is 0 Å². The Morgan fingerprint density at radius 2 is 2.07 bits per heavy atom. The molecular weight excluding hydrogens is 336 g/mol. The van der Waals surface area contributed by atoms with Crippen molar-refractivity contribution in [1.82, 2.24) is 14.8 Å². The third-order valence-electron chi connectivity index (χ3n) is 5.98. The highest BCUT2D eigenvalue weighted by Crippen LogP contribution is 2.35. The van der Waals surface area contributed by atoms with Gasteiger partial charge >= 0.3 is 0 Å². The molecule has 1 aromatic carbocycles. The third kappa shape index (κ3) is 3.54. The van der Waals surface area contributed by atoms with Gasteiger partial charge in [0.1, 0.15) is 6.07 Å². The predicted octanol–water partition coefficient (Wildman–Crippen LogP) is 3.01. The number of rotatable bonds is 3. The first-order chi connectivity index (χ1) is 13.0. The van der Waals surface area contributed by atoms with Gasteiger partial charge in [0.05, 0.1) is 11.1 Å². The Morgan fingerprint density at radius 3 is 2.81 bits per heavy atom. The molecule has 1 amide bonds. The highest BCUT2D eigenvalue weighted by atomic mass is 16.2. The van der Waals surface area contributed by atoms with Crippen molar-refractivity contribution in [3.63, 3.8) is 0 Å². The highest BCUT2D eigenvalue weighted by molar-refractivity contribution is 5.87. The van der Waals surface area contributed by atoms with Crippen LogP contribution in [0.3, 0.4) is 0 Å². The SMILES string of the molecule is C[C@@H]1C[C@H](c2ccc(C#N)c3ncccc23)CN(C(=O)CC2CN(C)C2)C1. The maximum Gasteiger partial charge on any atom is 0.222 e. The minimum Gasteiger partial charge on any atom is -0.342 e. The average Bonchev–Trinajstić information content (AvgIpc) is 2.65. The fourth-order valence-corrected chi connectivity index (χ4v) is 4.75. The Morgan fingerprint density at radius 1 is 1.26 bits per heavy atom. The Hall–Kier alpha value is -2.45. The summed E-state index contributed by atoms with van der Waals surface area (Å²) < 4.78 is 0. The van der Waals surface area contributed by atoms with E-state index in [4.69, 9.17) is 0 Å². The summed E-state index contributed by atoms with van der Waals surface area (Å²) in [5.41, 5.74) is 2.59. The van der Waals surface area contributed by atoms with Crippen LogP contribution in [-0.4, -0.2) is 53.9 Å². The Balaban J connectivity index is 1.58. The number of amides is 1. The smallest absolute Gasteiger partial charge is 0.222 e. The molecule has 1 aromatic heterocycles. The Kier molecular flexibility index (Phi) is 4.84. The zero-order valence-electron chi connectivity index (χ0n) is 16.1. The van der Waals surface area contributed by atoms with Crippen LogP contribution in [0.2, 0.25) is 0 Å². The fraction of sp³-hybridized carbons (Fsp3) is 0.500. The number of carbonyl (C=O) groups is 1. The summed E-state index contributed by atoms with van der Waals surface area (Å²) in [5.74, 6) is 1.57. The maximum atomic E-state index is 12.8. The molecule has 0 unspecified atom stereocenters. The van der Waals surface area contributed by atoms with Crippen LogP contribution >= 0.6 is 0 Å². The van der Waals surface area contributed by atoms with Crippen molar-refractivity contribution in [2.24, 2.45) is 11.8 Å². The van der Waals surface area contributed by atoms with Crippen molar-refractivity contribution < 1.29 is 4.79 Å². The standard InChI is InChI=1S/C22H26N4O/c1-15-8-18(14-26(11-15)21(27)9-16-12-25(2)13-16)19-6-5-17(10-23)22-20(19)4-3-7-24-22/h3-7,15-16,18H,8-9,11-14H2,1-2H3/t15-,18+/m1/s1. The van der Waals surface area contributed by atoms with Crippen LogP contribution in [0.25, 0.3) is 10.9 Å². The van der Waals surface area contributed by atoms with Crippen LogP contribution in [0.15, 0.2) is 30.5 Å². The van der Waals surface area contributed by atoms with Crippen molar-refractivity contribution in [1.29, 1.82) is 5.26 Å². The number of aromatic nitrogens is 1. The molecule has 2 atom stereocenters. The maximum absolute atomic E-state index is 12.8. The lowest BCUT2D eigenvalue weighted by atomic mass is 9.83. The van der Waals surface area contributed by atoms with Crippen LogP contribution in [0.4, 0.5) is 0 Å². The van der Waals surface area contributed by atoms with Crippen LogP contribution in [0.1, 0.15) is 36.8 Å². The van der Waals surface area contributed by atoms with Gasteiger partial charge in [-0.05, 0) is 43.0 Å². The van der Waals surface area contributed by atoms with Crippen molar-refractivity contribution in [2.75, 3.05) is 33.2 Å². The van der Waals surface area contributed by atoms with Gasteiger partial charge in [0.15, 0.2) is 0 Å². The van der Waals surface area contributed by atoms with Crippen molar-refractivity contribution in [2.45, 2.75) is 25.7 Å². The summed E-state index contributed by atoms with van der Waals surface area (Å²) in [4.78, 5) is 21.6. The van der Waals surface area contributed by atoms with E-state index in [0.717, 1.165) is 43.5 Å². The number of carbonyl (C=O) groups excluding carboxylic acids is 1. The molecule has 27 heavy (non-hydrogen) atoms. The molecule has 0 saturated carbocycles. The monoisotopic (exact) mass is 362 g/mol. The minimum atomic E-state index is 0.292. The molecule has 140 valence electrons. The van der Waals surface area contributed by atoms with Gasteiger partial charge in [0.25, 0.3) is 0 Å². The van der Waals surface area contributed by atoms with E-state index < -0.39 is 0 Å². The second-order valence-electron chi connectivity index (χ2n) is 8.34. The molecular formula is C22H26N4O. The second kappa shape index (κ2) is 7.28. The molecule has 2 saturated heterocycles. The van der Waals surface area contributed by atoms with Crippen molar-refractivity contribution >= 4 is 16.8 Å². The van der Waals surface area contributed by atoms with Gasteiger partial charge in [0.2, 0.25) is 5.91 Å². The fourth-order valence-electron chi connectivity index (χ4n) is 4.75. The lowest BCUT2D eigenvalue weighted by Gasteiger charge is -2.40. The lowest BCUT2D eigenvalue weighted by Crippen LogP contribution is -2.48. The molecule has 4 rings (SSSR count). The largest absolute Gasteiger partial charge is 0.342 e. The number of nitrogens with zero attached hydrogens (tertiary/aromatic N) is 4. The number of benzene rings is 1. The predicted molar refractivity (Wildman–Crippen MR) is 105 cm³/mol. The minimum absolute atomic E-state index is 0.292. The first-order valence-electron chi connectivity index (χ1n) is 9.79. The van der Waals surface area contributed by atoms with E-state index in [1.165, 1.54) is 5.56 Å². The Bertz CT molecular complexity index is 897. The molecule has 5 nitrogen and oxygen atoms in total. The molecule has 0 radical (unpaired) electrons. The highest BCUT2D eigenvalue weighted by Gasteiger charge is 2.33. The summed E-state index contributed by atoms with van der Waals surface area (Å²) >= 11 is 0. The quantitative estimate of drug-likeness (QED) is 0.842. The van der Waals surface area contributed by atoms with Crippen molar-refractivity contribution in [3.05, 3.63) is 41.6 Å². The van der Waals surface area contributed by atoms with E-state index in [1.54, 1.807) is 6.20 Å². The van der Waals surface area contributed by atoms with Gasteiger partial charge in [-0.25, -0.2) is 0 Å². The molecule has 3 heterocycles. The number of likely N-dealkylation sites (tertiary alicyclic amines) is 2. The summed E-state index contributed by atoms with van der Waals surface area (Å²) in [5, 5.41) is 10.4. The number of hydrogen-bond donors (Lipinski definition) is 0. The number of nitriles is 1. The average molecular weight is 362 g/mol. The van der Waals surface area contributed by atoms with E-state index in [-0.39, 0.29) is 0 Å². The molecule has 0 spiro atoms. The molecule has 2 aliphatic heterocycles. The van der Waals surface area contributed by atoms with E-state index in [1.807, 2.05) is 18.2 Å². The summed E-state index contributed by atoms with van der Waals surface area (Å²) in [6.07, 6.45) is 3.47. The molecule has 2 aliphatic rings. The normalized spacial score (nSPS) is 23.8. The molecule has 5 heteroatoms. The summed E-state index contributed by atoms with van der Waals surface area (Å²) in [6.45, 7) is 5.91. The number of pyridine rings is 1. The lowest BCUT2D eigenvalue weighted by molar-refractivity contribution is -0.135. The van der Waals surface area contributed by atoms with Gasteiger partial charge in [0, 0.05) is 50.1 Å². The van der Waals surface area contributed by atoms with Crippen LogP contribution in [0.5, 0.6) is 0 Å². The summed E-state index contributed by atoms with van der Waals surface area (Å²) in [7, 11) is 2.10. The van der Waals surface area contributed by atoms with Gasteiger partial charge in [-0.15, -0.1) is 0 Å². The van der Waals surface area contributed by atoms with Gasteiger partial charge in [-0.3, -0.25) is 9.78 Å². The zero-order chi connectivity index (χ0) is 19.0. The molecule has 2 fully saturated rings. The van der Waals surface area contributed by atoms with Gasteiger partial charge in [-0.1, -0.05) is 19.1 Å². The topological polar surface area (TPSA) is 60.2 Å². The molecule has 0 bridgehead atoms. The van der Waals surface area contributed by atoms with Crippen LogP contribution in [0, 0.1) is 23.2 Å². The molecule has 0 aliphatic carbocycles. The number of fused-ring (bicyclic) bond motifs is 1. The van der Waals surface area contributed by atoms with Crippen LogP contribution < -0.4 is 0 Å². The van der Waals surface area contributed by atoms with E-state index in [0.29, 0.717) is 35.6 Å². The number of hydrogen-bond acceptors (Lipinski definition) is 4. The Labute approximate surface area is 160 Å². The van der Waals surface area contributed by atoms with Crippen LogP contribution in [-0.2, 0) is 4.79 Å². The van der Waals surface area contributed by atoms with Crippen molar-refractivity contribution in [3.8, 4) is 6.07 Å². The molecule has 2 aromatic rings. The van der Waals surface area contributed by atoms with Gasteiger partial charge in [-0.2, -0.15) is 5.26 Å². The first kappa shape index (κ1) is 17.9. The number of piperidine rings is 1. The van der Waals surface area contributed by atoms with E-state index in [2.05, 4.69) is 40.9 Å². The third-order valence-corrected chi connectivity index (χ3v) is 5.98. The zero-order valence-corrected chi connectivity index (χ0v) is 16.1.